The molecular weight excluding hydrogens is 313 g/mol. The maximum atomic E-state index is 6.24. The van der Waals surface area contributed by atoms with Crippen LogP contribution in [0.4, 0.5) is 5.69 Å². The van der Waals surface area contributed by atoms with Gasteiger partial charge in [-0.15, -0.1) is 5.10 Å². The number of tetrazole rings is 1. The smallest absolute Gasteiger partial charge is 0.188 e. The average molecular weight is 324 g/mol. The summed E-state index contributed by atoms with van der Waals surface area (Å²) in [6.45, 7) is 1.87. The van der Waals surface area contributed by atoms with Gasteiger partial charge in [-0.25, -0.2) is 0 Å². The van der Waals surface area contributed by atoms with Gasteiger partial charge in [-0.2, -0.15) is 9.78 Å². The second kappa shape index (κ2) is 5.01. The van der Waals surface area contributed by atoms with Crippen LogP contribution >= 0.6 is 23.2 Å². The molecule has 0 aliphatic carbocycles. The molecule has 1 aromatic carbocycles. The summed E-state index contributed by atoms with van der Waals surface area (Å²) >= 11 is 12.3. The van der Waals surface area contributed by atoms with E-state index < -0.39 is 0 Å². The normalized spacial score (nSPS) is 11.0. The molecule has 0 amide bonds. The number of hydrogen-bond acceptors (Lipinski definition) is 5. The lowest BCUT2D eigenvalue weighted by atomic mass is 10.2. The van der Waals surface area contributed by atoms with E-state index in [9.17, 15) is 0 Å². The summed E-state index contributed by atoms with van der Waals surface area (Å²) in [6, 6.07) is 3.26. The van der Waals surface area contributed by atoms with E-state index in [0.717, 1.165) is 11.4 Å². The van der Waals surface area contributed by atoms with Crippen molar-refractivity contribution in [2.24, 2.45) is 7.05 Å². The molecule has 0 unspecified atom stereocenters. The van der Waals surface area contributed by atoms with Gasteiger partial charge >= 0.3 is 0 Å². The number of hydrogen-bond donors (Lipinski definition) is 1. The van der Waals surface area contributed by atoms with Crippen LogP contribution in [0.25, 0.3) is 17.1 Å². The Bertz CT molecular complexity index is 821. The van der Waals surface area contributed by atoms with Crippen molar-refractivity contribution < 1.29 is 0 Å². The Balaban J connectivity index is 2.23. The van der Waals surface area contributed by atoms with Crippen LogP contribution in [-0.2, 0) is 7.05 Å². The van der Waals surface area contributed by atoms with Crippen LogP contribution in [0.3, 0.4) is 0 Å². The number of nitrogens with zero attached hydrogens (tertiary/aromatic N) is 6. The third-order valence-electron chi connectivity index (χ3n) is 2.98. The lowest BCUT2D eigenvalue weighted by Gasteiger charge is -2.07. The Kier molecular flexibility index (Phi) is 3.30. The topological polar surface area (TPSA) is 87.4 Å². The molecule has 0 saturated carbocycles. The van der Waals surface area contributed by atoms with E-state index in [2.05, 4.69) is 20.6 Å². The molecule has 2 heterocycles. The first kappa shape index (κ1) is 13.8. The summed E-state index contributed by atoms with van der Waals surface area (Å²) in [4.78, 5) is 0. The fourth-order valence-corrected chi connectivity index (χ4v) is 2.51. The minimum Gasteiger partial charge on any atom is -0.399 e. The number of aryl methyl sites for hydroxylation is 2. The van der Waals surface area contributed by atoms with Crippen molar-refractivity contribution >= 4 is 28.9 Å². The average Bonchev–Trinajstić information content (AvgIpc) is 3.00. The first-order valence-corrected chi connectivity index (χ1v) is 6.77. The van der Waals surface area contributed by atoms with Crippen LogP contribution in [0.1, 0.15) is 5.69 Å². The Morgan fingerprint density at radius 1 is 1.24 bits per heavy atom. The maximum Gasteiger partial charge on any atom is 0.188 e. The molecule has 0 radical (unpaired) electrons. The predicted octanol–water partition coefficient (Wildman–Crippen LogP) is 2.26. The fourth-order valence-electron chi connectivity index (χ4n) is 2.09. The number of nitrogens with two attached hydrogens (primary N) is 1. The molecule has 0 atom stereocenters. The molecule has 3 rings (SSSR count). The number of nitrogen functional groups attached to an aromatic ring is 1. The number of aromatic nitrogens is 6. The Hall–Kier alpha value is -2.12. The van der Waals surface area contributed by atoms with E-state index in [-0.39, 0.29) is 0 Å². The zero-order chi connectivity index (χ0) is 15.1. The zero-order valence-electron chi connectivity index (χ0n) is 11.2. The first-order chi connectivity index (χ1) is 9.97. The highest BCUT2D eigenvalue weighted by molar-refractivity contribution is 6.43. The molecule has 7 nitrogen and oxygen atoms in total. The molecule has 0 aliphatic heterocycles. The Morgan fingerprint density at radius 3 is 2.67 bits per heavy atom. The number of anilines is 1. The highest BCUT2D eigenvalue weighted by atomic mass is 35.5. The van der Waals surface area contributed by atoms with Crippen LogP contribution in [0.15, 0.2) is 18.3 Å². The summed E-state index contributed by atoms with van der Waals surface area (Å²) in [7, 11) is 1.82. The van der Waals surface area contributed by atoms with E-state index in [0.29, 0.717) is 27.1 Å². The largest absolute Gasteiger partial charge is 0.399 e. The second-order valence-corrected chi connectivity index (χ2v) is 5.34. The summed E-state index contributed by atoms with van der Waals surface area (Å²) in [5, 5.41) is 16.7. The predicted molar refractivity (Wildman–Crippen MR) is 80.5 cm³/mol. The molecule has 9 heteroatoms. The van der Waals surface area contributed by atoms with Crippen molar-refractivity contribution in [3.05, 3.63) is 34.1 Å². The highest BCUT2D eigenvalue weighted by Gasteiger charge is 2.18. The van der Waals surface area contributed by atoms with Gasteiger partial charge < -0.3 is 5.73 Å². The van der Waals surface area contributed by atoms with Crippen LogP contribution in [0.5, 0.6) is 0 Å². The molecular formula is C12H11Cl2N7. The SMILES string of the molecule is Cc1nn(C)cc1-n1nnnc1-c1cc(N)cc(Cl)c1Cl. The van der Waals surface area contributed by atoms with E-state index >= 15 is 0 Å². The molecule has 2 N–H and O–H groups in total. The van der Waals surface area contributed by atoms with Crippen molar-refractivity contribution in [1.82, 2.24) is 30.0 Å². The molecule has 0 bridgehead atoms. The van der Waals surface area contributed by atoms with E-state index in [1.165, 1.54) is 0 Å². The van der Waals surface area contributed by atoms with E-state index in [4.69, 9.17) is 28.9 Å². The molecule has 3 aromatic rings. The van der Waals surface area contributed by atoms with Gasteiger partial charge in [-0.1, -0.05) is 23.2 Å². The number of benzene rings is 1. The molecule has 0 spiro atoms. The van der Waals surface area contributed by atoms with Gasteiger partial charge in [0.2, 0.25) is 0 Å². The van der Waals surface area contributed by atoms with Crippen LogP contribution in [0.2, 0.25) is 10.0 Å². The highest BCUT2D eigenvalue weighted by Crippen LogP contribution is 2.35. The lowest BCUT2D eigenvalue weighted by molar-refractivity contribution is 0.755. The number of halogens is 2. The minimum absolute atomic E-state index is 0.350. The van der Waals surface area contributed by atoms with E-state index in [1.807, 2.05) is 20.2 Å². The monoisotopic (exact) mass is 323 g/mol. The number of rotatable bonds is 2. The summed E-state index contributed by atoms with van der Waals surface area (Å²) in [5.41, 5.74) is 8.41. The zero-order valence-corrected chi connectivity index (χ0v) is 12.8. The second-order valence-electron chi connectivity index (χ2n) is 4.55. The van der Waals surface area contributed by atoms with Crippen molar-refractivity contribution in [2.75, 3.05) is 5.73 Å². The third-order valence-corrected chi connectivity index (χ3v) is 3.78. The van der Waals surface area contributed by atoms with Gasteiger partial charge in [0.15, 0.2) is 5.82 Å². The third kappa shape index (κ3) is 2.34. The Morgan fingerprint density at radius 2 is 2.00 bits per heavy atom. The Labute approximate surface area is 130 Å². The minimum atomic E-state index is 0.350. The van der Waals surface area contributed by atoms with Gasteiger partial charge in [0.1, 0.15) is 5.69 Å². The van der Waals surface area contributed by atoms with Gasteiger partial charge in [0.25, 0.3) is 0 Å². The van der Waals surface area contributed by atoms with Crippen LogP contribution in [0, 0.1) is 6.92 Å². The van der Waals surface area contributed by atoms with Crippen molar-refractivity contribution in [3.63, 3.8) is 0 Å². The van der Waals surface area contributed by atoms with Gasteiger partial charge in [0.05, 0.1) is 21.9 Å². The van der Waals surface area contributed by atoms with Crippen molar-refractivity contribution in [3.8, 4) is 17.1 Å². The summed E-state index contributed by atoms with van der Waals surface area (Å²) in [6.07, 6.45) is 1.82. The quantitative estimate of drug-likeness (QED) is 0.731. The van der Waals surface area contributed by atoms with Gasteiger partial charge in [-0.3, -0.25) is 4.68 Å². The fraction of sp³-hybridized carbons (Fsp3) is 0.167. The van der Waals surface area contributed by atoms with Gasteiger partial charge in [-0.05, 0) is 29.5 Å². The summed E-state index contributed by atoms with van der Waals surface area (Å²) < 4.78 is 3.24. The van der Waals surface area contributed by atoms with Crippen LogP contribution < -0.4 is 5.73 Å². The van der Waals surface area contributed by atoms with Crippen molar-refractivity contribution in [1.29, 1.82) is 0 Å². The molecule has 0 saturated heterocycles. The molecule has 0 fully saturated rings. The lowest BCUT2D eigenvalue weighted by Crippen LogP contribution is -2.01. The first-order valence-electron chi connectivity index (χ1n) is 6.01. The molecule has 108 valence electrons. The molecule has 2 aromatic heterocycles. The summed E-state index contributed by atoms with van der Waals surface area (Å²) in [5.74, 6) is 0.449. The van der Waals surface area contributed by atoms with Gasteiger partial charge in [0, 0.05) is 18.3 Å². The van der Waals surface area contributed by atoms with Crippen molar-refractivity contribution in [2.45, 2.75) is 6.92 Å². The molecule has 21 heavy (non-hydrogen) atoms. The van der Waals surface area contributed by atoms with Crippen LogP contribution in [-0.4, -0.2) is 30.0 Å². The van der Waals surface area contributed by atoms with E-state index in [1.54, 1.807) is 21.5 Å². The molecule has 0 aliphatic rings. The standard InChI is InChI=1S/C12H11Cl2N7/c1-6-10(5-20(2)17-6)21-12(16-18-19-21)8-3-7(15)4-9(13)11(8)14/h3-5H,15H2,1-2H3. The maximum absolute atomic E-state index is 6.24.